The van der Waals surface area contributed by atoms with E-state index >= 15 is 0 Å². The summed E-state index contributed by atoms with van der Waals surface area (Å²) in [7, 11) is 0. The van der Waals surface area contributed by atoms with Crippen molar-refractivity contribution in [3.63, 3.8) is 0 Å². The highest BCUT2D eigenvalue weighted by molar-refractivity contribution is 6.24. The molecule has 0 bridgehead atoms. The van der Waals surface area contributed by atoms with E-state index in [4.69, 9.17) is 9.97 Å². The molecule has 5 nitrogen and oxygen atoms in total. The first-order valence-corrected chi connectivity index (χ1v) is 19.6. The van der Waals surface area contributed by atoms with Crippen LogP contribution in [0.4, 0.5) is 0 Å². The Labute approximate surface area is 334 Å². The molecular formula is C53H33N5. The van der Waals surface area contributed by atoms with Gasteiger partial charge in [0.2, 0.25) is 0 Å². The minimum Gasteiger partial charge on any atom is -0.292 e. The topological polar surface area (TPSA) is 48.5 Å². The molecule has 0 N–H and O–H groups in total. The van der Waals surface area contributed by atoms with Crippen LogP contribution in [0.2, 0.25) is 0 Å². The molecule has 0 aliphatic heterocycles. The lowest BCUT2D eigenvalue weighted by molar-refractivity contribution is 1.10. The summed E-state index contributed by atoms with van der Waals surface area (Å²) in [5.74, 6) is 1.82. The Hall–Kier alpha value is -7.89. The number of rotatable bonds is 6. The maximum Gasteiger partial charge on any atom is 0.178 e. The number of fused-ring (bicyclic) bond motifs is 2. The molecule has 0 saturated heterocycles. The van der Waals surface area contributed by atoms with E-state index in [0.717, 1.165) is 56.3 Å². The third kappa shape index (κ3) is 5.14. The lowest BCUT2D eigenvalue weighted by Gasteiger charge is -2.15. The number of hydrogen-bond donors (Lipinski definition) is 0. The molecule has 3 aromatic heterocycles. The van der Waals surface area contributed by atoms with Gasteiger partial charge in [0.05, 0.1) is 16.6 Å². The zero-order valence-electron chi connectivity index (χ0n) is 31.3. The molecule has 270 valence electrons. The number of benzene rings is 9. The smallest absolute Gasteiger partial charge is 0.178 e. The van der Waals surface area contributed by atoms with Gasteiger partial charge in [0, 0.05) is 28.7 Å². The second-order valence-corrected chi connectivity index (χ2v) is 14.9. The summed E-state index contributed by atoms with van der Waals surface area (Å²) < 4.78 is 4.46. The Balaban J connectivity index is 0.896. The molecule has 3 heterocycles. The van der Waals surface area contributed by atoms with Gasteiger partial charge in [-0.1, -0.05) is 121 Å². The lowest BCUT2D eigenvalue weighted by Crippen LogP contribution is -1.97. The monoisotopic (exact) mass is 739 g/mol. The average Bonchev–Trinajstić information content (AvgIpc) is 3.88. The van der Waals surface area contributed by atoms with Crippen molar-refractivity contribution in [3.8, 4) is 56.4 Å². The van der Waals surface area contributed by atoms with Crippen LogP contribution in [0.25, 0.3) is 111 Å². The van der Waals surface area contributed by atoms with Gasteiger partial charge in [0.25, 0.3) is 0 Å². The van der Waals surface area contributed by atoms with E-state index in [-0.39, 0.29) is 0 Å². The van der Waals surface area contributed by atoms with Crippen molar-refractivity contribution in [2.75, 3.05) is 0 Å². The number of para-hydroxylation sites is 2. The molecule has 0 spiro atoms. The predicted molar refractivity (Wildman–Crippen MR) is 239 cm³/mol. The van der Waals surface area contributed by atoms with Crippen LogP contribution < -0.4 is 0 Å². The number of imidazole rings is 2. The number of hydrogen-bond acceptors (Lipinski definition) is 3. The largest absolute Gasteiger partial charge is 0.292 e. The Morgan fingerprint density at radius 1 is 0.328 bits per heavy atom. The maximum absolute atomic E-state index is 5.03. The maximum atomic E-state index is 5.03. The second kappa shape index (κ2) is 12.8. The summed E-state index contributed by atoms with van der Waals surface area (Å²) in [6.07, 6.45) is 1.80. The summed E-state index contributed by atoms with van der Waals surface area (Å²) in [6, 6.07) is 69.3. The minimum atomic E-state index is 0.736. The van der Waals surface area contributed by atoms with Crippen LogP contribution >= 0.6 is 0 Å². The van der Waals surface area contributed by atoms with Crippen molar-refractivity contribution < 1.29 is 0 Å². The SMILES string of the molecule is c1ccc(-c2nc3ccccc3n2-c2ccc(-c3cc4ccc5cc(-c6ccc(-n7c(-c8ccccc8)nc8ncccc87)cc6)cc6ccc(c3)c4c56)cc2)cc1. The Morgan fingerprint density at radius 3 is 1.31 bits per heavy atom. The molecule has 0 amide bonds. The van der Waals surface area contributed by atoms with Crippen LogP contribution in [0.5, 0.6) is 0 Å². The second-order valence-electron chi connectivity index (χ2n) is 14.9. The zero-order valence-corrected chi connectivity index (χ0v) is 31.3. The van der Waals surface area contributed by atoms with Gasteiger partial charge in [-0.15, -0.1) is 0 Å². The van der Waals surface area contributed by atoms with Gasteiger partial charge in [-0.2, -0.15) is 0 Å². The van der Waals surface area contributed by atoms with Gasteiger partial charge in [-0.3, -0.25) is 9.13 Å². The van der Waals surface area contributed by atoms with Gasteiger partial charge in [-0.25, -0.2) is 15.0 Å². The highest BCUT2D eigenvalue weighted by atomic mass is 15.1. The lowest BCUT2D eigenvalue weighted by atomic mass is 9.89. The van der Waals surface area contributed by atoms with E-state index in [2.05, 4.69) is 172 Å². The summed E-state index contributed by atoms with van der Waals surface area (Å²) in [6.45, 7) is 0. The van der Waals surface area contributed by atoms with Crippen LogP contribution in [-0.2, 0) is 0 Å². The molecule has 0 fully saturated rings. The van der Waals surface area contributed by atoms with Gasteiger partial charge >= 0.3 is 0 Å². The van der Waals surface area contributed by atoms with Crippen LogP contribution in [-0.4, -0.2) is 24.1 Å². The molecule has 5 heteroatoms. The summed E-state index contributed by atoms with van der Waals surface area (Å²) in [5, 5.41) is 7.59. The van der Waals surface area contributed by atoms with E-state index in [1.807, 2.05) is 36.4 Å². The first-order valence-electron chi connectivity index (χ1n) is 19.6. The van der Waals surface area contributed by atoms with Gasteiger partial charge < -0.3 is 0 Å². The molecule has 0 aliphatic rings. The van der Waals surface area contributed by atoms with Crippen LogP contribution in [0.15, 0.2) is 200 Å². The first kappa shape index (κ1) is 32.4. The van der Waals surface area contributed by atoms with Crippen molar-refractivity contribution in [1.82, 2.24) is 24.1 Å². The minimum absolute atomic E-state index is 0.736. The highest BCUT2D eigenvalue weighted by Gasteiger charge is 2.18. The molecule has 0 unspecified atom stereocenters. The molecule has 0 aliphatic carbocycles. The third-order valence-corrected chi connectivity index (χ3v) is 11.5. The number of nitrogens with zero attached hydrogens (tertiary/aromatic N) is 5. The molecular weight excluding hydrogens is 707 g/mol. The number of aromatic nitrogens is 5. The Kier molecular flexibility index (Phi) is 7.16. The molecule has 0 atom stereocenters. The van der Waals surface area contributed by atoms with E-state index < -0.39 is 0 Å². The van der Waals surface area contributed by atoms with Crippen molar-refractivity contribution in [2.24, 2.45) is 0 Å². The first-order chi connectivity index (χ1) is 28.7. The van der Waals surface area contributed by atoms with Gasteiger partial charge in [0.1, 0.15) is 11.6 Å². The average molecular weight is 740 g/mol. The Morgan fingerprint density at radius 2 is 0.776 bits per heavy atom. The molecule has 0 saturated carbocycles. The van der Waals surface area contributed by atoms with E-state index in [9.17, 15) is 0 Å². The van der Waals surface area contributed by atoms with E-state index in [0.29, 0.717) is 0 Å². The van der Waals surface area contributed by atoms with Crippen LogP contribution in [0.1, 0.15) is 0 Å². The quantitative estimate of drug-likeness (QED) is 0.160. The van der Waals surface area contributed by atoms with Crippen LogP contribution in [0.3, 0.4) is 0 Å². The zero-order chi connectivity index (χ0) is 38.2. The summed E-state index contributed by atoms with van der Waals surface area (Å²) >= 11 is 0. The van der Waals surface area contributed by atoms with E-state index in [1.165, 1.54) is 54.6 Å². The van der Waals surface area contributed by atoms with Crippen molar-refractivity contribution in [2.45, 2.75) is 0 Å². The standard InChI is InChI=1S/C53H33N5/c1-3-10-36(11-4-1)52-55-46-14-7-8-15-47(46)57(52)44-25-21-34(22-26-44)42-30-38-17-19-40-32-43(33-41-20-18-39(31-42)49(38)50(40)41)35-23-27-45(28-24-35)58-48-16-9-29-54-51(48)56-53(58)37-12-5-2-6-13-37/h1-33H. The summed E-state index contributed by atoms with van der Waals surface area (Å²) in [5.41, 5.74) is 12.8. The molecule has 12 aromatic rings. The normalized spacial score (nSPS) is 11.8. The molecule has 58 heavy (non-hydrogen) atoms. The summed E-state index contributed by atoms with van der Waals surface area (Å²) in [4.78, 5) is 14.5. The Bertz CT molecular complexity index is 3170. The van der Waals surface area contributed by atoms with Gasteiger partial charge in [0.15, 0.2) is 5.65 Å². The van der Waals surface area contributed by atoms with Crippen LogP contribution in [0, 0.1) is 0 Å². The molecule has 12 rings (SSSR count). The highest BCUT2D eigenvalue weighted by Crippen LogP contribution is 2.40. The van der Waals surface area contributed by atoms with Crippen molar-refractivity contribution >= 4 is 54.5 Å². The predicted octanol–water partition coefficient (Wildman–Crippen LogP) is 13.3. The fourth-order valence-corrected chi connectivity index (χ4v) is 8.80. The van der Waals surface area contributed by atoms with Crippen molar-refractivity contribution in [3.05, 3.63) is 200 Å². The third-order valence-electron chi connectivity index (χ3n) is 11.5. The fraction of sp³-hybridized carbons (Fsp3) is 0. The van der Waals surface area contributed by atoms with E-state index in [1.54, 1.807) is 6.20 Å². The molecule has 0 radical (unpaired) electrons. The fourth-order valence-electron chi connectivity index (χ4n) is 8.80. The molecule has 9 aromatic carbocycles. The van der Waals surface area contributed by atoms with Gasteiger partial charge in [-0.05, 0) is 127 Å². The van der Waals surface area contributed by atoms with Crippen molar-refractivity contribution in [1.29, 1.82) is 0 Å². The number of pyridine rings is 1.